The summed E-state index contributed by atoms with van der Waals surface area (Å²) >= 11 is 1.48. The van der Waals surface area contributed by atoms with Crippen molar-refractivity contribution in [3.05, 3.63) is 65.3 Å². The highest BCUT2D eigenvalue weighted by Gasteiger charge is 2.05. The van der Waals surface area contributed by atoms with Gasteiger partial charge in [-0.3, -0.25) is 10.4 Å². The summed E-state index contributed by atoms with van der Waals surface area (Å²) < 4.78 is 0. The maximum atomic E-state index is 8.83. The Morgan fingerprint density at radius 2 is 2.04 bits per heavy atom. The Morgan fingerprint density at radius 3 is 2.74 bits per heavy atom. The van der Waals surface area contributed by atoms with Crippen molar-refractivity contribution in [3.8, 4) is 17.3 Å². The van der Waals surface area contributed by atoms with Crippen LogP contribution in [-0.4, -0.2) is 15.7 Å². The minimum absolute atomic E-state index is 0.637. The third-order valence-corrected chi connectivity index (χ3v) is 3.92. The summed E-state index contributed by atoms with van der Waals surface area (Å²) in [5, 5.41) is 15.8. The van der Waals surface area contributed by atoms with Crippen LogP contribution in [0.15, 0.2) is 59.1 Å². The standard InChI is InChI=1S/C17H13N5S/c1-12(15-4-2-3-9-19-15)21-22-17-20-16(11-23-17)14-7-5-13(10-18)6-8-14/h2-9,11H,1H3,(H,20,22)/b21-12+. The second-order valence-corrected chi connectivity index (χ2v) is 5.61. The second-order valence-electron chi connectivity index (χ2n) is 4.75. The van der Waals surface area contributed by atoms with Crippen molar-refractivity contribution in [2.75, 3.05) is 5.43 Å². The lowest BCUT2D eigenvalue weighted by Gasteiger charge is -2.00. The Bertz CT molecular complexity index is 860. The molecule has 0 unspecified atom stereocenters. The molecule has 2 aromatic heterocycles. The van der Waals surface area contributed by atoms with Gasteiger partial charge in [-0.05, 0) is 31.2 Å². The lowest BCUT2D eigenvalue weighted by Crippen LogP contribution is -2.01. The Morgan fingerprint density at radius 1 is 1.22 bits per heavy atom. The van der Waals surface area contributed by atoms with Gasteiger partial charge in [0.05, 0.1) is 28.7 Å². The molecule has 3 aromatic rings. The van der Waals surface area contributed by atoms with E-state index in [1.807, 2.05) is 42.6 Å². The minimum Gasteiger partial charge on any atom is -0.255 e. The number of benzene rings is 1. The fraction of sp³-hybridized carbons (Fsp3) is 0.0588. The van der Waals surface area contributed by atoms with Crippen LogP contribution < -0.4 is 5.43 Å². The van der Waals surface area contributed by atoms with Crippen molar-refractivity contribution in [2.24, 2.45) is 5.10 Å². The number of nitrogens with one attached hydrogen (secondary N) is 1. The van der Waals surface area contributed by atoms with Gasteiger partial charge < -0.3 is 0 Å². The van der Waals surface area contributed by atoms with E-state index in [1.165, 1.54) is 11.3 Å². The van der Waals surface area contributed by atoms with Gasteiger partial charge in [0.15, 0.2) is 0 Å². The Balaban J connectivity index is 1.73. The van der Waals surface area contributed by atoms with E-state index in [2.05, 4.69) is 26.6 Å². The number of hydrogen-bond acceptors (Lipinski definition) is 6. The van der Waals surface area contributed by atoms with Crippen molar-refractivity contribution in [3.63, 3.8) is 0 Å². The number of anilines is 1. The van der Waals surface area contributed by atoms with Gasteiger partial charge in [-0.1, -0.05) is 18.2 Å². The van der Waals surface area contributed by atoms with E-state index < -0.39 is 0 Å². The first kappa shape index (κ1) is 14.9. The Hall–Kier alpha value is -3.04. The van der Waals surface area contributed by atoms with Crippen LogP contribution in [-0.2, 0) is 0 Å². The lowest BCUT2D eigenvalue weighted by atomic mass is 10.1. The summed E-state index contributed by atoms with van der Waals surface area (Å²) in [5.41, 5.74) is 7.04. The molecule has 0 bridgehead atoms. The highest BCUT2D eigenvalue weighted by Crippen LogP contribution is 2.25. The quantitative estimate of drug-likeness (QED) is 0.584. The van der Waals surface area contributed by atoms with Crippen LogP contribution in [0.1, 0.15) is 18.2 Å². The molecule has 0 fully saturated rings. The first-order valence-corrected chi connectivity index (χ1v) is 7.82. The second kappa shape index (κ2) is 6.81. The van der Waals surface area contributed by atoms with Crippen LogP contribution in [0.4, 0.5) is 5.13 Å². The monoisotopic (exact) mass is 319 g/mol. The third kappa shape index (κ3) is 3.59. The molecule has 1 N–H and O–H groups in total. The summed E-state index contributed by atoms with van der Waals surface area (Å²) in [4.78, 5) is 8.74. The van der Waals surface area contributed by atoms with Crippen LogP contribution in [0.5, 0.6) is 0 Å². The van der Waals surface area contributed by atoms with Crippen LogP contribution >= 0.6 is 11.3 Å². The van der Waals surface area contributed by atoms with Gasteiger partial charge in [0.2, 0.25) is 5.13 Å². The highest BCUT2D eigenvalue weighted by atomic mass is 32.1. The normalized spacial score (nSPS) is 11.0. The van der Waals surface area contributed by atoms with Gasteiger partial charge in [-0.15, -0.1) is 11.3 Å². The van der Waals surface area contributed by atoms with E-state index in [4.69, 9.17) is 5.26 Å². The van der Waals surface area contributed by atoms with E-state index in [0.717, 1.165) is 22.7 Å². The summed E-state index contributed by atoms with van der Waals surface area (Å²) in [7, 11) is 0. The summed E-state index contributed by atoms with van der Waals surface area (Å²) in [6, 6.07) is 15.2. The van der Waals surface area contributed by atoms with Gasteiger partial charge in [-0.2, -0.15) is 10.4 Å². The van der Waals surface area contributed by atoms with Crippen molar-refractivity contribution < 1.29 is 0 Å². The van der Waals surface area contributed by atoms with Crippen LogP contribution in [0.25, 0.3) is 11.3 Å². The van der Waals surface area contributed by atoms with E-state index in [0.29, 0.717) is 10.7 Å². The molecule has 0 saturated carbocycles. The number of hydrazone groups is 1. The minimum atomic E-state index is 0.637. The van der Waals surface area contributed by atoms with Gasteiger partial charge in [0.25, 0.3) is 0 Å². The first-order valence-electron chi connectivity index (χ1n) is 6.94. The fourth-order valence-electron chi connectivity index (χ4n) is 1.94. The topological polar surface area (TPSA) is 74.0 Å². The van der Waals surface area contributed by atoms with Gasteiger partial charge in [0.1, 0.15) is 0 Å². The molecule has 2 heterocycles. The number of aromatic nitrogens is 2. The number of rotatable bonds is 4. The molecule has 1 aromatic carbocycles. The molecule has 0 aliphatic carbocycles. The van der Waals surface area contributed by atoms with Crippen LogP contribution in [0, 0.1) is 11.3 Å². The van der Waals surface area contributed by atoms with E-state index in [1.54, 1.807) is 18.3 Å². The van der Waals surface area contributed by atoms with Crippen LogP contribution in [0.3, 0.4) is 0 Å². The van der Waals surface area contributed by atoms with Gasteiger partial charge >= 0.3 is 0 Å². The average Bonchev–Trinajstić information content (AvgIpc) is 3.09. The predicted molar refractivity (Wildman–Crippen MR) is 92.3 cm³/mol. The van der Waals surface area contributed by atoms with Gasteiger partial charge in [-0.25, -0.2) is 4.98 Å². The molecular formula is C17H13N5S. The fourth-order valence-corrected chi connectivity index (χ4v) is 2.60. The number of nitrogens with zero attached hydrogens (tertiary/aromatic N) is 4. The molecule has 0 aliphatic rings. The lowest BCUT2D eigenvalue weighted by molar-refractivity contribution is 1.23. The average molecular weight is 319 g/mol. The predicted octanol–water partition coefficient (Wildman–Crippen LogP) is 3.91. The Kier molecular flexibility index (Phi) is 4.41. The third-order valence-electron chi connectivity index (χ3n) is 3.17. The zero-order valence-corrected chi connectivity index (χ0v) is 13.2. The number of nitriles is 1. The maximum Gasteiger partial charge on any atom is 0.203 e. The molecule has 112 valence electrons. The summed E-state index contributed by atoms with van der Waals surface area (Å²) in [6.07, 6.45) is 1.74. The Labute approximate surface area is 138 Å². The van der Waals surface area contributed by atoms with Crippen molar-refractivity contribution in [2.45, 2.75) is 6.92 Å². The molecule has 0 atom stereocenters. The van der Waals surface area contributed by atoms with Gasteiger partial charge in [0, 0.05) is 17.1 Å². The van der Waals surface area contributed by atoms with Crippen molar-refractivity contribution >= 4 is 22.2 Å². The first-order chi connectivity index (χ1) is 11.3. The summed E-state index contributed by atoms with van der Waals surface area (Å²) in [6.45, 7) is 1.89. The van der Waals surface area contributed by atoms with Crippen molar-refractivity contribution in [1.29, 1.82) is 5.26 Å². The molecule has 6 heteroatoms. The molecule has 5 nitrogen and oxygen atoms in total. The smallest absolute Gasteiger partial charge is 0.203 e. The molecule has 0 spiro atoms. The van der Waals surface area contributed by atoms with Crippen molar-refractivity contribution in [1.82, 2.24) is 9.97 Å². The zero-order chi connectivity index (χ0) is 16.1. The largest absolute Gasteiger partial charge is 0.255 e. The van der Waals surface area contributed by atoms with E-state index in [-0.39, 0.29) is 0 Å². The molecule has 0 aliphatic heterocycles. The van der Waals surface area contributed by atoms with E-state index >= 15 is 0 Å². The van der Waals surface area contributed by atoms with E-state index in [9.17, 15) is 0 Å². The number of pyridine rings is 1. The molecule has 0 radical (unpaired) electrons. The van der Waals surface area contributed by atoms with Crippen LogP contribution in [0.2, 0.25) is 0 Å². The molecule has 3 rings (SSSR count). The maximum absolute atomic E-state index is 8.83. The number of thiazole rings is 1. The molecule has 0 saturated heterocycles. The number of hydrogen-bond donors (Lipinski definition) is 1. The molecule has 23 heavy (non-hydrogen) atoms. The molecule has 0 amide bonds. The zero-order valence-electron chi connectivity index (χ0n) is 12.4. The summed E-state index contributed by atoms with van der Waals surface area (Å²) in [5.74, 6) is 0. The SMILES string of the molecule is C/C(=N\Nc1nc(-c2ccc(C#N)cc2)cs1)c1ccccn1. The highest BCUT2D eigenvalue weighted by molar-refractivity contribution is 7.14. The molecular weight excluding hydrogens is 306 g/mol.